The fourth-order valence-corrected chi connectivity index (χ4v) is 2.02. The molecule has 1 amide bonds. The third kappa shape index (κ3) is 2.30. The maximum Gasteiger partial charge on any atom is 0.319 e. The number of carboxylic acid groups (broad SMARTS) is 1. The molecule has 1 saturated carbocycles. The molecule has 6 heteroatoms. The molecule has 0 atom stereocenters. The number of halogens is 2. The molecule has 4 nitrogen and oxygen atoms in total. The molecule has 1 aliphatic carbocycles. The largest absolute Gasteiger partial charge is 0.480 e. The lowest BCUT2D eigenvalue weighted by atomic mass is 10.1. The summed E-state index contributed by atoms with van der Waals surface area (Å²) in [5.41, 5.74) is -0.767. The lowest BCUT2D eigenvalue weighted by Gasteiger charge is -2.12. The van der Waals surface area contributed by atoms with Crippen LogP contribution < -0.4 is 5.32 Å². The van der Waals surface area contributed by atoms with Crippen LogP contribution in [0.4, 0.5) is 5.69 Å². The van der Waals surface area contributed by atoms with Crippen molar-refractivity contribution < 1.29 is 14.7 Å². The van der Waals surface area contributed by atoms with E-state index in [1.165, 1.54) is 0 Å². The van der Waals surface area contributed by atoms with E-state index in [0.29, 0.717) is 28.0 Å². The van der Waals surface area contributed by atoms with Gasteiger partial charge in [0.2, 0.25) is 5.91 Å². The van der Waals surface area contributed by atoms with Crippen LogP contribution >= 0.6 is 27.5 Å². The van der Waals surface area contributed by atoms with Crippen LogP contribution in [0.5, 0.6) is 0 Å². The molecule has 1 aromatic carbocycles. The highest BCUT2D eigenvalue weighted by Crippen LogP contribution is 2.47. The second-order valence-electron chi connectivity index (χ2n) is 3.97. The van der Waals surface area contributed by atoms with Crippen LogP contribution in [-0.4, -0.2) is 17.0 Å². The third-order valence-corrected chi connectivity index (χ3v) is 3.70. The molecular formula is C11H9BrClNO3. The molecule has 0 bridgehead atoms. The number of carboxylic acids is 1. The van der Waals surface area contributed by atoms with Crippen LogP contribution in [0.15, 0.2) is 22.7 Å². The number of nitrogens with one attached hydrogen (secondary N) is 1. The second-order valence-corrected chi connectivity index (χ2v) is 5.26. The van der Waals surface area contributed by atoms with Crippen molar-refractivity contribution in [3.8, 4) is 0 Å². The van der Waals surface area contributed by atoms with Crippen molar-refractivity contribution in [1.29, 1.82) is 0 Å². The Bertz CT molecular complexity index is 499. The Morgan fingerprint density at radius 1 is 1.41 bits per heavy atom. The Morgan fingerprint density at radius 3 is 2.59 bits per heavy atom. The first-order valence-electron chi connectivity index (χ1n) is 4.95. The van der Waals surface area contributed by atoms with E-state index in [1.807, 2.05) is 0 Å². The predicted molar refractivity (Wildman–Crippen MR) is 67.1 cm³/mol. The first-order chi connectivity index (χ1) is 7.95. The molecule has 90 valence electrons. The first kappa shape index (κ1) is 12.4. The van der Waals surface area contributed by atoms with Crippen LogP contribution in [0.3, 0.4) is 0 Å². The summed E-state index contributed by atoms with van der Waals surface area (Å²) < 4.78 is 0.663. The minimum absolute atomic E-state index is 0.381. The van der Waals surface area contributed by atoms with Crippen LogP contribution in [0.1, 0.15) is 12.8 Å². The van der Waals surface area contributed by atoms with E-state index in [9.17, 15) is 9.59 Å². The van der Waals surface area contributed by atoms with Crippen LogP contribution in [0.25, 0.3) is 0 Å². The minimum atomic E-state index is -1.25. The topological polar surface area (TPSA) is 66.4 Å². The third-order valence-electron chi connectivity index (χ3n) is 2.77. The van der Waals surface area contributed by atoms with E-state index < -0.39 is 17.3 Å². The zero-order valence-electron chi connectivity index (χ0n) is 8.67. The Balaban J connectivity index is 2.19. The number of hydrogen-bond acceptors (Lipinski definition) is 2. The summed E-state index contributed by atoms with van der Waals surface area (Å²) in [5.74, 6) is -1.57. The summed E-state index contributed by atoms with van der Waals surface area (Å²) in [5, 5.41) is 12.0. The number of hydrogen-bond donors (Lipinski definition) is 2. The van der Waals surface area contributed by atoms with Gasteiger partial charge in [0.15, 0.2) is 0 Å². The monoisotopic (exact) mass is 317 g/mol. The zero-order valence-corrected chi connectivity index (χ0v) is 11.0. The molecule has 17 heavy (non-hydrogen) atoms. The number of anilines is 1. The summed E-state index contributed by atoms with van der Waals surface area (Å²) >= 11 is 9.07. The highest BCUT2D eigenvalue weighted by Gasteiger charge is 2.57. The van der Waals surface area contributed by atoms with Crippen molar-refractivity contribution in [2.45, 2.75) is 12.8 Å². The number of carbonyl (C=O) groups excluding carboxylic acids is 1. The van der Waals surface area contributed by atoms with Gasteiger partial charge in [0.05, 0.1) is 5.69 Å². The van der Waals surface area contributed by atoms with Gasteiger partial charge in [-0.2, -0.15) is 0 Å². The van der Waals surface area contributed by atoms with Gasteiger partial charge in [-0.3, -0.25) is 9.59 Å². The average molecular weight is 319 g/mol. The summed E-state index contributed by atoms with van der Waals surface area (Å²) in [6, 6.07) is 4.94. The number of benzene rings is 1. The highest BCUT2D eigenvalue weighted by atomic mass is 79.9. The van der Waals surface area contributed by atoms with Crippen molar-refractivity contribution in [2.24, 2.45) is 5.41 Å². The first-order valence-corrected chi connectivity index (χ1v) is 6.13. The van der Waals surface area contributed by atoms with Crippen molar-refractivity contribution in [3.63, 3.8) is 0 Å². The minimum Gasteiger partial charge on any atom is -0.480 e. The summed E-state index contributed by atoms with van der Waals surface area (Å²) in [6.07, 6.45) is 0.763. The lowest BCUT2D eigenvalue weighted by molar-refractivity contribution is -0.147. The van der Waals surface area contributed by atoms with Gasteiger partial charge >= 0.3 is 5.97 Å². The molecule has 1 aliphatic rings. The van der Waals surface area contributed by atoms with Gasteiger partial charge in [0, 0.05) is 9.50 Å². The smallest absolute Gasteiger partial charge is 0.319 e. The SMILES string of the molecule is O=C(O)C1(C(=O)Nc2cc(Cl)ccc2Br)CC1. The van der Waals surface area contributed by atoms with Crippen LogP contribution in [-0.2, 0) is 9.59 Å². The van der Waals surface area contributed by atoms with Gasteiger partial charge in [0.25, 0.3) is 0 Å². The molecule has 0 unspecified atom stereocenters. The number of aliphatic carboxylic acids is 1. The molecule has 1 aromatic rings. The van der Waals surface area contributed by atoms with E-state index in [-0.39, 0.29) is 0 Å². The van der Waals surface area contributed by atoms with Crippen LogP contribution in [0, 0.1) is 5.41 Å². The Labute approximate surface area is 111 Å². The molecule has 2 N–H and O–H groups in total. The fraction of sp³-hybridized carbons (Fsp3) is 0.273. The van der Waals surface area contributed by atoms with Gasteiger partial charge in [0.1, 0.15) is 5.41 Å². The molecule has 0 spiro atoms. The van der Waals surface area contributed by atoms with Gasteiger partial charge in [-0.05, 0) is 47.0 Å². The second kappa shape index (κ2) is 4.31. The average Bonchev–Trinajstić information content (AvgIpc) is 3.04. The van der Waals surface area contributed by atoms with E-state index in [2.05, 4.69) is 21.2 Å². The molecule has 0 radical (unpaired) electrons. The normalized spacial score (nSPS) is 16.4. The van der Waals surface area contributed by atoms with Crippen molar-refractivity contribution in [1.82, 2.24) is 0 Å². The molecule has 0 aliphatic heterocycles. The lowest BCUT2D eigenvalue weighted by Crippen LogP contribution is -2.31. The Kier molecular flexibility index (Phi) is 3.14. The quantitative estimate of drug-likeness (QED) is 0.842. The number of rotatable bonds is 3. The van der Waals surface area contributed by atoms with Gasteiger partial charge in [-0.1, -0.05) is 11.6 Å². The summed E-state index contributed by atoms with van der Waals surface area (Å²) in [6.45, 7) is 0. The molecule has 0 saturated heterocycles. The van der Waals surface area contributed by atoms with Gasteiger partial charge in [-0.15, -0.1) is 0 Å². The Hall–Kier alpha value is -1.07. The number of amides is 1. The number of carbonyl (C=O) groups is 2. The van der Waals surface area contributed by atoms with Crippen molar-refractivity contribution >= 4 is 45.1 Å². The van der Waals surface area contributed by atoms with E-state index in [1.54, 1.807) is 18.2 Å². The molecule has 2 rings (SSSR count). The van der Waals surface area contributed by atoms with E-state index in [4.69, 9.17) is 16.7 Å². The summed E-state index contributed by atoms with van der Waals surface area (Å²) in [7, 11) is 0. The maximum atomic E-state index is 11.8. The van der Waals surface area contributed by atoms with Gasteiger partial charge < -0.3 is 10.4 Å². The Morgan fingerprint density at radius 2 is 2.06 bits per heavy atom. The molecule has 0 heterocycles. The summed E-state index contributed by atoms with van der Waals surface area (Å²) in [4.78, 5) is 22.8. The molecule has 0 aromatic heterocycles. The predicted octanol–water partition coefficient (Wildman–Crippen LogP) is 2.91. The van der Waals surface area contributed by atoms with E-state index >= 15 is 0 Å². The molecular weight excluding hydrogens is 309 g/mol. The fourth-order valence-electron chi connectivity index (χ4n) is 1.50. The van der Waals surface area contributed by atoms with Crippen molar-refractivity contribution in [3.05, 3.63) is 27.7 Å². The molecule has 1 fully saturated rings. The van der Waals surface area contributed by atoms with Gasteiger partial charge in [-0.25, -0.2) is 0 Å². The highest BCUT2D eigenvalue weighted by molar-refractivity contribution is 9.10. The van der Waals surface area contributed by atoms with E-state index in [0.717, 1.165) is 0 Å². The van der Waals surface area contributed by atoms with Crippen molar-refractivity contribution in [2.75, 3.05) is 5.32 Å². The maximum absolute atomic E-state index is 11.8. The standard InChI is InChI=1S/C11H9BrClNO3/c12-7-2-1-6(13)5-8(7)14-9(15)11(3-4-11)10(16)17/h1-2,5H,3-4H2,(H,14,15)(H,16,17). The van der Waals surface area contributed by atoms with Crippen LogP contribution in [0.2, 0.25) is 5.02 Å². The zero-order chi connectivity index (χ0) is 12.6.